The molecule has 146 valence electrons. The normalized spacial score (nSPS) is 10.5. The average molecular weight is 407 g/mol. The van der Waals surface area contributed by atoms with Crippen molar-refractivity contribution >= 4 is 34.2 Å². The number of ether oxygens (including phenoxy) is 2. The fourth-order valence-corrected chi connectivity index (χ4v) is 3.39. The zero-order valence-corrected chi connectivity index (χ0v) is 16.7. The van der Waals surface area contributed by atoms with Gasteiger partial charge in [0.15, 0.2) is 11.5 Å². The van der Waals surface area contributed by atoms with E-state index in [-0.39, 0.29) is 23.2 Å². The molecule has 1 rings (SSSR count). The van der Waals surface area contributed by atoms with Crippen LogP contribution in [0.4, 0.5) is 8.78 Å². The fourth-order valence-electron chi connectivity index (χ4n) is 2.16. The van der Waals surface area contributed by atoms with Crippen molar-refractivity contribution in [1.82, 2.24) is 10.2 Å². The first-order valence-corrected chi connectivity index (χ1v) is 9.60. The van der Waals surface area contributed by atoms with E-state index in [0.717, 1.165) is 18.7 Å². The summed E-state index contributed by atoms with van der Waals surface area (Å²) in [7, 11) is 1.38. The van der Waals surface area contributed by atoms with Crippen LogP contribution in [0, 0.1) is 0 Å². The van der Waals surface area contributed by atoms with Gasteiger partial charge in [0.25, 0.3) is 0 Å². The summed E-state index contributed by atoms with van der Waals surface area (Å²) in [5.41, 5.74) is 0.843. The molecule has 0 unspecified atom stereocenters. The molecule has 5 nitrogen and oxygen atoms in total. The lowest BCUT2D eigenvalue weighted by Crippen LogP contribution is -2.31. The van der Waals surface area contributed by atoms with Gasteiger partial charge in [-0.3, -0.25) is 4.79 Å². The van der Waals surface area contributed by atoms with Gasteiger partial charge in [-0.1, -0.05) is 30.0 Å². The van der Waals surface area contributed by atoms with Gasteiger partial charge in [-0.25, -0.2) is 0 Å². The summed E-state index contributed by atoms with van der Waals surface area (Å²) < 4.78 is 34.8. The Morgan fingerprint density at radius 3 is 2.58 bits per heavy atom. The number of rotatable bonds is 10. The first kappa shape index (κ1) is 22.4. The topological polar surface area (TPSA) is 50.8 Å². The van der Waals surface area contributed by atoms with Gasteiger partial charge in [0, 0.05) is 19.6 Å². The lowest BCUT2D eigenvalue weighted by Gasteiger charge is -2.20. The number of hydrogen-bond donors (Lipinski definition) is 1. The monoisotopic (exact) mass is 406 g/mol. The number of thiocarbonyl (C=S) groups is 1. The minimum Gasteiger partial charge on any atom is -0.493 e. The summed E-state index contributed by atoms with van der Waals surface area (Å²) >= 11 is 6.62. The second-order valence-corrected chi connectivity index (χ2v) is 6.80. The SMILES string of the molecule is CCN(CC)C(=S)SCC(=O)NCCc1ccc(OC(F)F)c(OC)c1. The van der Waals surface area contributed by atoms with E-state index in [4.69, 9.17) is 17.0 Å². The van der Waals surface area contributed by atoms with Crippen molar-refractivity contribution in [2.75, 3.05) is 32.5 Å². The number of carbonyl (C=O) groups is 1. The van der Waals surface area contributed by atoms with Crippen LogP contribution in [0.1, 0.15) is 19.4 Å². The minimum absolute atomic E-state index is 0.0170. The number of hydrogen-bond acceptors (Lipinski definition) is 5. The maximum atomic E-state index is 12.3. The third-order valence-corrected chi connectivity index (χ3v) is 5.05. The summed E-state index contributed by atoms with van der Waals surface area (Å²) in [6.07, 6.45) is 0.544. The van der Waals surface area contributed by atoms with Crippen LogP contribution in [0.2, 0.25) is 0 Å². The van der Waals surface area contributed by atoms with Gasteiger partial charge in [0.1, 0.15) is 4.32 Å². The van der Waals surface area contributed by atoms with E-state index in [1.807, 2.05) is 18.7 Å². The largest absolute Gasteiger partial charge is 0.493 e. The van der Waals surface area contributed by atoms with E-state index in [2.05, 4.69) is 10.1 Å². The molecule has 9 heteroatoms. The number of methoxy groups -OCH3 is 1. The Hall–Kier alpha value is -1.61. The molecule has 0 aliphatic heterocycles. The Morgan fingerprint density at radius 1 is 1.31 bits per heavy atom. The van der Waals surface area contributed by atoms with Gasteiger partial charge >= 0.3 is 6.61 Å². The number of amides is 1. The number of alkyl halides is 2. The molecular weight excluding hydrogens is 382 g/mol. The van der Waals surface area contributed by atoms with Crippen LogP contribution in [0.15, 0.2) is 18.2 Å². The highest BCUT2D eigenvalue weighted by Crippen LogP contribution is 2.29. The van der Waals surface area contributed by atoms with Crippen LogP contribution in [-0.2, 0) is 11.2 Å². The Kier molecular flexibility index (Phi) is 10.3. The molecule has 26 heavy (non-hydrogen) atoms. The highest BCUT2D eigenvalue weighted by atomic mass is 32.2. The van der Waals surface area contributed by atoms with E-state index >= 15 is 0 Å². The summed E-state index contributed by atoms with van der Waals surface area (Å²) in [6.45, 7) is 3.18. The molecule has 1 aromatic rings. The highest BCUT2D eigenvalue weighted by Gasteiger charge is 2.12. The second-order valence-electron chi connectivity index (χ2n) is 5.19. The van der Waals surface area contributed by atoms with Crippen LogP contribution < -0.4 is 14.8 Å². The molecule has 1 N–H and O–H groups in total. The molecule has 0 spiro atoms. The van der Waals surface area contributed by atoms with Crippen LogP contribution in [0.3, 0.4) is 0 Å². The van der Waals surface area contributed by atoms with Crippen LogP contribution in [0.5, 0.6) is 11.5 Å². The van der Waals surface area contributed by atoms with E-state index in [1.165, 1.54) is 24.9 Å². The van der Waals surface area contributed by atoms with Gasteiger partial charge in [-0.05, 0) is 38.0 Å². The first-order chi connectivity index (χ1) is 12.4. The molecule has 1 amide bonds. The fraction of sp³-hybridized carbons (Fsp3) is 0.529. The van der Waals surface area contributed by atoms with Crippen molar-refractivity contribution in [3.63, 3.8) is 0 Å². The van der Waals surface area contributed by atoms with E-state index in [0.29, 0.717) is 17.3 Å². The molecule has 0 aliphatic carbocycles. The summed E-state index contributed by atoms with van der Waals surface area (Å²) in [6, 6.07) is 4.71. The average Bonchev–Trinajstić information content (AvgIpc) is 2.61. The molecule has 0 aromatic heterocycles. The predicted octanol–water partition coefficient (Wildman–Crippen LogP) is 3.32. The summed E-state index contributed by atoms with van der Waals surface area (Å²) in [5.74, 6) is 0.375. The van der Waals surface area contributed by atoms with Gasteiger partial charge < -0.3 is 19.7 Å². The van der Waals surface area contributed by atoms with Crippen molar-refractivity contribution in [3.05, 3.63) is 23.8 Å². The third-order valence-electron chi connectivity index (χ3n) is 3.53. The quantitative estimate of drug-likeness (QED) is 0.602. The van der Waals surface area contributed by atoms with Crippen LogP contribution in [-0.4, -0.2) is 54.2 Å². The Labute approximate surface area is 162 Å². The van der Waals surface area contributed by atoms with Gasteiger partial charge in [-0.15, -0.1) is 0 Å². The number of benzene rings is 1. The predicted molar refractivity (Wildman–Crippen MR) is 104 cm³/mol. The molecule has 0 radical (unpaired) electrons. The standard InChI is InChI=1S/C17H24F2N2O3S2/c1-4-21(5-2)17(25)26-11-15(22)20-9-8-12-6-7-13(24-16(18)19)14(10-12)23-3/h6-7,10,16H,4-5,8-9,11H2,1-3H3,(H,20,22). The van der Waals surface area contributed by atoms with E-state index in [9.17, 15) is 13.6 Å². The van der Waals surface area contributed by atoms with Crippen molar-refractivity contribution in [1.29, 1.82) is 0 Å². The molecule has 0 bridgehead atoms. The molecule has 0 aliphatic rings. The lowest BCUT2D eigenvalue weighted by atomic mass is 10.1. The van der Waals surface area contributed by atoms with Crippen molar-refractivity contribution < 1.29 is 23.0 Å². The van der Waals surface area contributed by atoms with E-state index < -0.39 is 6.61 Å². The molecule has 0 saturated carbocycles. The number of nitrogens with one attached hydrogen (secondary N) is 1. The number of thioether (sulfide) groups is 1. The molecule has 0 saturated heterocycles. The van der Waals surface area contributed by atoms with Crippen LogP contribution in [0.25, 0.3) is 0 Å². The maximum Gasteiger partial charge on any atom is 0.387 e. The molecule has 0 fully saturated rings. The smallest absolute Gasteiger partial charge is 0.387 e. The zero-order chi connectivity index (χ0) is 19.5. The van der Waals surface area contributed by atoms with Gasteiger partial charge in [0.05, 0.1) is 12.9 Å². The minimum atomic E-state index is -2.91. The van der Waals surface area contributed by atoms with Gasteiger partial charge in [-0.2, -0.15) is 8.78 Å². The molecule has 1 aromatic carbocycles. The molecule has 0 heterocycles. The second kappa shape index (κ2) is 11.9. The van der Waals surface area contributed by atoms with Crippen LogP contribution >= 0.6 is 24.0 Å². The summed E-state index contributed by atoms with van der Waals surface area (Å²) in [4.78, 5) is 13.9. The maximum absolute atomic E-state index is 12.3. The molecular formula is C17H24F2N2O3S2. The number of carbonyl (C=O) groups excluding carboxylic acids is 1. The Bertz CT molecular complexity index is 599. The van der Waals surface area contributed by atoms with Crippen molar-refractivity contribution in [2.45, 2.75) is 26.9 Å². The van der Waals surface area contributed by atoms with E-state index in [1.54, 1.807) is 12.1 Å². The zero-order valence-electron chi connectivity index (χ0n) is 15.1. The Morgan fingerprint density at radius 2 is 2.00 bits per heavy atom. The number of nitrogens with zero attached hydrogens (tertiary/aromatic N) is 1. The highest BCUT2D eigenvalue weighted by molar-refractivity contribution is 8.23. The van der Waals surface area contributed by atoms with Crippen molar-refractivity contribution in [2.24, 2.45) is 0 Å². The molecule has 0 atom stereocenters. The lowest BCUT2D eigenvalue weighted by molar-refractivity contribution is -0.118. The number of halogens is 2. The van der Waals surface area contributed by atoms with Gasteiger partial charge in [0.2, 0.25) is 5.91 Å². The third kappa shape index (κ3) is 7.74. The summed E-state index contributed by atoms with van der Waals surface area (Å²) in [5, 5.41) is 2.82. The first-order valence-electron chi connectivity index (χ1n) is 8.21. The van der Waals surface area contributed by atoms with Crippen molar-refractivity contribution in [3.8, 4) is 11.5 Å². The Balaban J connectivity index is 2.42.